The molecule has 0 N–H and O–H groups in total. The molecule has 1 nitrogen and oxygen atoms in total. The van der Waals surface area contributed by atoms with E-state index in [2.05, 4.69) is 49.1 Å². The van der Waals surface area contributed by atoms with Gasteiger partial charge in [-0.25, -0.2) is 4.98 Å². The van der Waals surface area contributed by atoms with Gasteiger partial charge in [-0.15, -0.1) is 11.3 Å². The lowest BCUT2D eigenvalue weighted by atomic mass is 9.91. The van der Waals surface area contributed by atoms with Crippen molar-refractivity contribution in [2.24, 2.45) is 5.41 Å². The molecule has 74 valence electrons. The maximum atomic E-state index is 4.47. The Hall–Kier alpha value is 0.590. The number of halogens is 2. The second kappa shape index (κ2) is 4.89. The lowest BCUT2D eigenvalue weighted by Crippen LogP contribution is -2.23. The first kappa shape index (κ1) is 11.7. The third-order valence-corrected chi connectivity index (χ3v) is 5.45. The normalized spacial score (nSPS) is 12.0. The van der Waals surface area contributed by atoms with Crippen LogP contribution in [0.5, 0.6) is 0 Å². The van der Waals surface area contributed by atoms with Gasteiger partial charge in [0, 0.05) is 16.0 Å². The molecular weight excluding hydrogens is 314 g/mol. The molecule has 0 aliphatic carbocycles. The molecule has 0 aromatic carbocycles. The van der Waals surface area contributed by atoms with Crippen molar-refractivity contribution in [3.05, 3.63) is 16.1 Å². The summed E-state index contributed by atoms with van der Waals surface area (Å²) in [5.74, 6) is 0. The van der Waals surface area contributed by atoms with Crippen LogP contribution in [0.1, 0.15) is 17.6 Å². The maximum absolute atomic E-state index is 4.47. The van der Waals surface area contributed by atoms with Gasteiger partial charge in [0.15, 0.2) is 0 Å². The maximum Gasteiger partial charge on any atom is 0.0897 e. The van der Waals surface area contributed by atoms with Crippen LogP contribution in [0.2, 0.25) is 0 Å². The van der Waals surface area contributed by atoms with Crippen LogP contribution >= 0.6 is 43.2 Å². The number of hydrogen-bond donors (Lipinski definition) is 0. The summed E-state index contributed by atoms with van der Waals surface area (Å²) in [7, 11) is 0. The van der Waals surface area contributed by atoms with Crippen LogP contribution < -0.4 is 0 Å². The average molecular weight is 327 g/mol. The predicted octanol–water partition coefficient (Wildman–Crippen LogP) is 3.79. The van der Waals surface area contributed by atoms with Crippen molar-refractivity contribution in [1.82, 2.24) is 4.98 Å². The van der Waals surface area contributed by atoms with E-state index in [1.807, 2.05) is 6.92 Å². The summed E-state index contributed by atoms with van der Waals surface area (Å²) >= 11 is 8.81. The van der Waals surface area contributed by atoms with Gasteiger partial charge in [-0.05, 0) is 18.8 Å². The first-order chi connectivity index (χ1) is 6.09. The number of nitrogens with zero attached hydrogens (tertiary/aromatic N) is 1. The van der Waals surface area contributed by atoms with Crippen molar-refractivity contribution in [2.75, 3.05) is 10.7 Å². The van der Waals surface area contributed by atoms with E-state index in [-0.39, 0.29) is 5.41 Å². The monoisotopic (exact) mass is 325 g/mol. The molecule has 13 heavy (non-hydrogen) atoms. The average Bonchev–Trinajstić information content (AvgIpc) is 2.51. The second-order valence-corrected chi connectivity index (χ2v) is 5.80. The van der Waals surface area contributed by atoms with Gasteiger partial charge >= 0.3 is 0 Å². The molecule has 1 rings (SSSR count). The molecule has 1 heterocycles. The SMILES string of the molecule is Cc1nc(CC(C)(CBr)CBr)cs1. The Bertz CT molecular complexity index is 268. The van der Waals surface area contributed by atoms with Crippen LogP contribution in [0.15, 0.2) is 5.38 Å². The molecule has 0 fully saturated rings. The van der Waals surface area contributed by atoms with E-state index in [1.54, 1.807) is 11.3 Å². The summed E-state index contributed by atoms with van der Waals surface area (Å²) in [5.41, 5.74) is 1.49. The van der Waals surface area contributed by atoms with Gasteiger partial charge in [-0.3, -0.25) is 0 Å². The zero-order valence-electron chi connectivity index (χ0n) is 7.81. The number of thiazole rings is 1. The largest absolute Gasteiger partial charge is 0.247 e. The fraction of sp³-hybridized carbons (Fsp3) is 0.667. The molecule has 0 saturated carbocycles. The molecule has 0 atom stereocenters. The third kappa shape index (κ3) is 3.33. The number of aromatic nitrogens is 1. The van der Waals surface area contributed by atoms with Crippen molar-refractivity contribution in [1.29, 1.82) is 0 Å². The van der Waals surface area contributed by atoms with Crippen LogP contribution in [0.3, 0.4) is 0 Å². The van der Waals surface area contributed by atoms with E-state index < -0.39 is 0 Å². The highest BCUT2D eigenvalue weighted by Gasteiger charge is 2.22. The van der Waals surface area contributed by atoms with Crippen molar-refractivity contribution in [3.63, 3.8) is 0 Å². The number of alkyl halides is 2. The Kier molecular flexibility index (Phi) is 4.39. The highest BCUT2D eigenvalue weighted by atomic mass is 79.9. The molecular formula is C9H13Br2NS. The Morgan fingerprint density at radius 2 is 2.08 bits per heavy atom. The lowest BCUT2D eigenvalue weighted by molar-refractivity contribution is 0.434. The van der Waals surface area contributed by atoms with E-state index in [1.165, 1.54) is 5.69 Å². The highest BCUT2D eigenvalue weighted by Crippen LogP contribution is 2.27. The predicted molar refractivity (Wildman–Crippen MR) is 66.3 cm³/mol. The first-order valence-electron chi connectivity index (χ1n) is 4.12. The molecule has 0 spiro atoms. The Balaban J connectivity index is 2.67. The van der Waals surface area contributed by atoms with Gasteiger partial charge in [0.2, 0.25) is 0 Å². The quantitative estimate of drug-likeness (QED) is 0.767. The first-order valence-corrected chi connectivity index (χ1v) is 7.25. The molecule has 1 aromatic heterocycles. The van der Waals surface area contributed by atoms with Crippen molar-refractivity contribution in [2.45, 2.75) is 20.3 Å². The van der Waals surface area contributed by atoms with Gasteiger partial charge < -0.3 is 0 Å². The van der Waals surface area contributed by atoms with Crippen molar-refractivity contribution >= 4 is 43.2 Å². The highest BCUT2D eigenvalue weighted by molar-refractivity contribution is 9.09. The smallest absolute Gasteiger partial charge is 0.0897 e. The second-order valence-electron chi connectivity index (χ2n) is 3.61. The number of rotatable bonds is 4. The van der Waals surface area contributed by atoms with Crippen LogP contribution in [0, 0.1) is 12.3 Å². The van der Waals surface area contributed by atoms with Crippen LogP contribution in [0.25, 0.3) is 0 Å². The van der Waals surface area contributed by atoms with Gasteiger partial charge in [0.25, 0.3) is 0 Å². The standard InChI is InChI=1S/C9H13Br2NS/c1-7-12-8(4-13-7)3-9(2,5-10)6-11/h4H,3,5-6H2,1-2H3. The molecule has 4 heteroatoms. The van der Waals surface area contributed by atoms with Gasteiger partial charge in [0.05, 0.1) is 10.7 Å². The third-order valence-electron chi connectivity index (χ3n) is 1.92. The molecule has 0 radical (unpaired) electrons. The summed E-state index contributed by atoms with van der Waals surface area (Å²) < 4.78 is 0. The van der Waals surface area contributed by atoms with Crippen LogP contribution in [-0.4, -0.2) is 15.6 Å². The van der Waals surface area contributed by atoms with E-state index in [4.69, 9.17) is 0 Å². The summed E-state index contributed by atoms with van der Waals surface area (Å²) in [5, 5.41) is 5.31. The summed E-state index contributed by atoms with van der Waals surface area (Å²) in [6.07, 6.45) is 1.04. The van der Waals surface area contributed by atoms with E-state index in [0.717, 1.165) is 22.1 Å². The number of hydrogen-bond acceptors (Lipinski definition) is 2. The van der Waals surface area contributed by atoms with Crippen molar-refractivity contribution in [3.8, 4) is 0 Å². The lowest BCUT2D eigenvalue weighted by Gasteiger charge is -2.23. The minimum absolute atomic E-state index is 0.278. The minimum atomic E-state index is 0.278. The fourth-order valence-electron chi connectivity index (χ4n) is 1.06. The van der Waals surface area contributed by atoms with E-state index in [9.17, 15) is 0 Å². The van der Waals surface area contributed by atoms with Crippen LogP contribution in [-0.2, 0) is 6.42 Å². The molecule has 0 saturated heterocycles. The molecule has 1 aromatic rings. The topological polar surface area (TPSA) is 12.9 Å². The molecule has 0 bridgehead atoms. The Morgan fingerprint density at radius 1 is 1.46 bits per heavy atom. The summed E-state index contributed by atoms with van der Waals surface area (Å²) in [6, 6.07) is 0. The van der Waals surface area contributed by atoms with Gasteiger partial charge in [-0.2, -0.15) is 0 Å². The minimum Gasteiger partial charge on any atom is -0.247 e. The van der Waals surface area contributed by atoms with Crippen LogP contribution in [0.4, 0.5) is 0 Å². The summed E-state index contributed by atoms with van der Waals surface area (Å²) in [4.78, 5) is 4.47. The molecule has 0 unspecified atom stereocenters. The summed E-state index contributed by atoms with van der Waals surface area (Å²) in [6.45, 7) is 4.30. The van der Waals surface area contributed by atoms with Gasteiger partial charge in [-0.1, -0.05) is 38.8 Å². The molecule has 0 amide bonds. The number of aryl methyl sites for hydroxylation is 1. The Morgan fingerprint density at radius 3 is 2.46 bits per heavy atom. The Labute approximate surface area is 100 Å². The van der Waals surface area contributed by atoms with E-state index >= 15 is 0 Å². The molecule has 0 aliphatic heterocycles. The fourth-order valence-corrected chi connectivity index (χ4v) is 2.99. The zero-order chi connectivity index (χ0) is 9.90. The van der Waals surface area contributed by atoms with E-state index in [0.29, 0.717) is 0 Å². The van der Waals surface area contributed by atoms with Crippen molar-refractivity contribution < 1.29 is 0 Å². The molecule has 0 aliphatic rings. The van der Waals surface area contributed by atoms with Gasteiger partial charge in [0.1, 0.15) is 0 Å². The zero-order valence-corrected chi connectivity index (χ0v) is 11.8.